The number of thioether (sulfide) groups is 1. The maximum absolute atomic E-state index is 13.1. The van der Waals surface area contributed by atoms with Crippen molar-refractivity contribution in [3.05, 3.63) is 22.8 Å². The zero-order valence-corrected chi connectivity index (χ0v) is 19.0. The number of fused-ring (bicyclic) bond motifs is 1. The third kappa shape index (κ3) is 5.16. The number of carbonyl (C=O) groups excluding carboxylic acids is 1. The number of ether oxygens (including phenoxy) is 1. The van der Waals surface area contributed by atoms with Crippen molar-refractivity contribution in [2.24, 2.45) is 0 Å². The smallest absolute Gasteiger partial charge is 0.379 e. The van der Waals surface area contributed by atoms with Crippen molar-refractivity contribution in [1.82, 2.24) is 24.8 Å². The van der Waals surface area contributed by atoms with E-state index >= 15 is 0 Å². The van der Waals surface area contributed by atoms with Crippen LogP contribution in [0.2, 0.25) is 5.02 Å². The standard InChI is InChI=1S/C20H25ClF3N5O2S/c21-15-10-14(20(22,23)24)11-29-17(15)26-27-18(29)32-12-16(30)25-13-19(4-2-1-3-5-19)28-6-8-31-9-7-28/h10-11H,1-9,12-13H2,(H,25,30). The summed E-state index contributed by atoms with van der Waals surface area (Å²) in [6.45, 7) is 3.68. The number of alkyl halides is 3. The van der Waals surface area contributed by atoms with Gasteiger partial charge in [0.05, 0.1) is 29.6 Å². The van der Waals surface area contributed by atoms with Gasteiger partial charge in [0, 0.05) is 31.4 Å². The lowest BCUT2D eigenvalue weighted by Crippen LogP contribution is -2.59. The molecule has 0 radical (unpaired) electrons. The number of morpholine rings is 1. The number of carbonyl (C=O) groups is 1. The summed E-state index contributed by atoms with van der Waals surface area (Å²) in [5.41, 5.74) is -0.833. The summed E-state index contributed by atoms with van der Waals surface area (Å²) in [6, 6.07) is 0.821. The summed E-state index contributed by atoms with van der Waals surface area (Å²) in [6.07, 6.45) is 1.90. The fourth-order valence-corrected chi connectivity index (χ4v) is 5.47. The highest BCUT2D eigenvalue weighted by Gasteiger charge is 2.39. The molecule has 1 saturated carbocycles. The molecule has 3 heterocycles. The second kappa shape index (κ2) is 9.74. The lowest BCUT2D eigenvalue weighted by molar-refractivity contribution is -0.137. The van der Waals surface area contributed by atoms with E-state index in [2.05, 4.69) is 20.4 Å². The first-order chi connectivity index (χ1) is 15.3. The number of aromatic nitrogens is 3. The number of hydrogen-bond acceptors (Lipinski definition) is 6. The van der Waals surface area contributed by atoms with Gasteiger partial charge in [-0.3, -0.25) is 14.1 Å². The van der Waals surface area contributed by atoms with Crippen molar-refractivity contribution in [2.75, 3.05) is 38.6 Å². The van der Waals surface area contributed by atoms with Gasteiger partial charge in [0.1, 0.15) is 0 Å². The Balaban J connectivity index is 1.40. The van der Waals surface area contributed by atoms with Crippen molar-refractivity contribution < 1.29 is 22.7 Å². The number of rotatable bonds is 6. The Bertz CT molecular complexity index is 959. The number of amides is 1. The normalized spacial score (nSPS) is 19.9. The van der Waals surface area contributed by atoms with Crippen LogP contribution in [0.1, 0.15) is 37.7 Å². The summed E-state index contributed by atoms with van der Waals surface area (Å²) in [5.74, 6) is -0.170. The molecule has 0 atom stereocenters. The van der Waals surface area contributed by atoms with E-state index in [9.17, 15) is 18.0 Å². The minimum absolute atomic E-state index is 0.0217. The molecule has 7 nitrogen and oxygen atoms in total. The molecule has 1 aliphatic heterocycles. The van der Waals surface area contributed by atoms with Crippen molar-refractivity contribution in [1.29, 1.82) is 0 Å². The molecule has 0 unspecified atom stereocenters. The van der Waals surface area contributed by atoms with Crippen LogP contribution in [0.3, 0.4) is 0 Å². The predicted molar refractivity (Wildman–Crippen MR) is 115 cm³/mol. The molecule has 32 heavy (non-hydrogen) atoms. The number of nitrogens with zero attached hydrogens (tertiary/aromatic N) is 4. The molecular formula is C20H25ClF3N5O2S. The molecule has 4 rings (SSSR count). The molecule has 1 N–H and O–H groups in total. The zero-order chi connectivity index (χ0) is 22.8. The molecule has 2 aromatic heterocycles. The molecule has 1 amide bonds. The molecule has 2 aromatic rings. The molecule has 0 spiro atoms. The average Bonchev–Trinajstić information content (AvgIpc) is 3.20. The van der Waals surface area contributed by atoms with Gasteiger partial charge >= 0.3 is 6.18 Å². The SMILES string of the molecule is O=C(CSc1nnc2c(Cl)cc(C(F)(F)F)cn12)NCC1(N2CCOCC2)CCCCC1. The summed E-state index contributed by atoms with van der Waals surface area (Å²) in [4.78, 5) is 15.0. The summed E-state index contributed by atoms with van der Waals surface area (Å²) >= 11 is 6.98. The number of halogens is 4. The quantitative estimate of drug-likeness (QED) is 0.622. The summed E-state index contributed by atoms with van der Waals surface area (Å²) < 4.78 is 46.0. The largest absolute Gasteiger partial charge is 0.417 e. The molecule has 2 fully saturated rings. The highest BCUT2D eigenvalue weighted by atomic mass is 35.5. The molecule has 176 valence electrons. The van der Waals surface area contributed by atoms with Crippen LogP contribution in [0.4, 0.5) is 13.2 Å². The van der Waals surface area contributed by atoms with Gasteiger partial charge in [-0.25, -0.2) is 0 Å². The Morgan fingerprint density at radius 2 is 1.94 bits per heavy atom. The van der Waals surface area contributed by atoms with Crippen molar-refractivity contribution in [2.45, 2.75) is 49.0 Å². The Hall–Kier alpha value is -1.56. The van der Waals surface area contributed by atoms with Gasteiger partial charge in [0.2, 0.25) is 5.91 Å². The topological polar surface area (TPSA) is 71.8 Å². The second-order valence-corrected chi connectivity index (χ2v) is 9.55. The van der Waals surface area contributed by atoms with Crippen LogP contribution in [0.15, 0.2) is 17.4 Å². The average molecular weight is 492 g/mol. The lowest BCUT2D eigenvalue weighted by Gasteiger charge is -2.48. The minimum atomic E-state index is -4.55. The van der Waals surface area contributed by atoms with Crippen LogP contribution < -0.4 is 5.32 Å². The van der Waals surface area contributed by atoms with Crippen LogP contribution >= 0.6 is 23.4 Å². The predicted octanol–water partition coefficient (Wildman–Crippen LogP) is 3.64. The van der Waals surface area contributed by atoms with E-state index in [1.165, 1.54) is 10.8 Å². The van der Waals surface area contributed by atoms with Crippen molar-refractivity contribution in [3.63, 3.8) is 0 Å². The zero-order valence-electron chi connectivity index (χ0n) is 17.5. The molecule has 12 heteroatoms. The van der Waals surface area contributed by atoms with Crippen LogP contribution in [0.25, 0.3) is 5.65 Å². The Kier molecular flexibility index (Phi) is 7.18. The van der Waals surface area contributed by atoms with E-state index in [1.54, 1.807) is 0 Å². The number of hydrogen-bond donors (Lipinski definition) is 1. The van der Waals surface area contributed by atoms with Crippen molar-refractivity contribution in [3.8, 4) is 0 Å². The van der Waals surface area contributed by atoms with Gasteiger partial charge in [-0.2, -0.15) is 13.2 Å². The molecule has 1 saturated heterocycles. The Morgan fingerprint density at radius 1 is 1.22 bits per heavy atom. The molecule has 1 aliphatic carbocycles. The van der Waals surface area contributed by atoms with Crippen molar-refractivity contribution >= 4 is 34.9 Å². The summed E-state index contributed by atoms with van der Waals surface area (Å²) in [7, 11) is 0. The fourth-order valence-electron chi connectivity index (χ4n) is 4.48. The van der Waals surface area contributed by atoms with E-state index in [1.807, 2.05) is 0 Å². The highest BCUT2D eigenvalue weighted by molar-refractivity contribution is 7.99. The maximum atomic E-state index is 13.1. The highest BCUT2D eigenvalue weighted by Crippen LogP contribution is 2.35. The van der Waals surface area contributed by atoms with E-state index in [4.69, 9.17) is 16.3 Å². The van der Waals surface area contributed by atoms with E-state index in [-0.39, 0.29) is 33.0 Å². The first-order valence-electron chi connectivity index (χ1n) is 10.6. The third-order valence-electron chi connectivity index (χ3n) is 6.17. The third-order valence-corrected chi connectivity index (χ3v) is 7.39. The van der Waals surface area contributed by atoms with Crippen LogP contribution in [-0.4, -0.2) is 69.5 Å². The minimum Gasteiger partial charge on any atom is -0.379 e. The van der Waals surface area contributed by atoms with E-state index in [0.29, 0.717) is 19.8 Å². The van der Waals surface area contributed by atoms with Crippen LogP contribution in [0, 0.1) is 0 Å². The second-order valence-electron chi connectivity index (χ2n) is 8.20. The van der Waals surface area contributed by atoms with Crippen LogP contribution in [-0.2, 0) is 15.7 Å². The first-order valence-corrected chi connectivity index (χ1v) is 12.0. The Morgan fingerprint density at radius 3 is 2.62 bits per heavy atom. The van der Waals surface area contributed by atoms with E-state index in [0.717, 1.165) is 62.8 Å². The number of pyridine rings is 1. The molecule has 0 bridgehead atoms. The molecule has 0 aromatic carbocycles. The monoisotopic (exact) mass is 491 g/mol. The maximum Gasteiger partial charge on any atom is 0.417 e. The Labute approximate surface area is 193 Å². The van der Waals surface area contributed by atoms with E-state index < -0.39 is 11.7 Å². The number of nitrogens with one attached hydrogen (secondary N) is 1. The lowest BCUT2D eigenvalue weighted by atomic mass is 9.79. The summed E-state index contributed by atoms with van der Waals surface area (Å²) in [5, 5.41) is 10.8. The van der Waals surface area contributed by atoms with Crippen LogP contribution in [0.5, 0.6) is 0 Å². The van der Waals surface area contributed by atoms with Gasteiger partial charge < -0.3 is 10.1 Å². The van der Waals surface area contributed by atoms with Gasteiger partial charge in [0.25, 0.3) is 0 Å². The first kappa shape index (κ1) is 23.6. The fraction of sp³-hybridized carbons (Fsp3) is 0.650. The van der Waals surface area contributed by atoms with Gasteiger partial charge in [0.15, 0.2) is 10.8 Å². The molecular weight excluding hydrogens is 467 g/mol. The molecule has 2 aliphatic rings. The van der Waals surface area contributed by atoms with Gasteiger partial charge in [-0.15, -0.1) is 10.2 Å². The van der Waals surface area contributed by atoms with Gasteiger partial charge in [-0.05, 0) is 18.9 Å². The van der Waals surface area contributed by atoms with Gasteiger partial charge in [-0.1, -0.05) is 42.6 Å².